The lowest BCUT2D eigenvalue weighted by Gasteiger charge is -2.04. The van der Waals surface area contributed by atoms with Gasteiger partial charge < -0.3 is 0 Å². The lowest BCUT2D eigenvalue weighted by molar-refractivity contribution is 0.101. The van der Waals surface area contributed by atoms with Gasteiger partial charge in [0.2, 0.25) is 0 Å². The smallest absolute Gasteiger partial charge is 0.160 e. The summed E-state index contributed by atoms with van der Waals surface area (Å²) in [6.45, 7) is 1.50. The molecule has 1 aromatic carbocycles. The minimum Gasteiger partial charge on any atom is -0.298 e. The number of rotatable bonds is 2. The average Bonchev–Trinajstić information content (AvgIpc) is 2.09. The zero-order valence-electron chi connectivity index (χ0n) is 6.80. The maximum atomic E-state index is 11.1. The van der Waals surface area contributed by atoms with Crippen molar-refractivity contribution in [1.82, 2.24) is 0 Å². The Morgan fingerprint density at radius 3 is 2.62 bits per heavy atom. The number of carbonyl (C=O) groups excluding carboxylic acids is 2. The molecule has 0 spiro atoms. The van der Waals surface area contributed by atoms with Crippen LogP contribution >= 0.6 is 38.5 Å². The number of hydrogen-bond acceptors (Lipinski definition) is 2. The molecule has 13 heavy (non-hydrogen) atoms. The number of benzene rings is 1. The van der Waals surface area contributed by atoms with Crippen molar-refractivity contribution in [2.75, 3.05) is 0 Å². The van der Waals surface area contributed by atoms with E-state index in [9.17, 15) is 9.59 Å². The number of halogens is 2. The highest BCUT2D eigenvalue weighted by Crippen LogP contribution is 2.26. The maximum Gasteiger partial charge on any atom is 0.160 e. The van der Waals surface area contributed by atoms with Crippen LogP contribution in [0.3, 0.4) is 0 Å². The molecule has 4 heteroatoms. The van der Waals surface area contributed by atoms with E-state index in [4.69, 9.17) is 0 Å². The van der Waals surface area contributed by atoms with E-state index in [-0.39, 0.29) is 5.78 Å². The summed E-state index contributed by atoms with van der Waals surface area (Å²) in [4.78, 5) is 21.6. The molecule has 0 saturated heterocycles. The zero-order chi connectivity index (χ0) is 10.0. The molecule has 0 aliphatic heterocycles. The third-order valence-electron chi connectivity index (χ3n) is 1.62. The van der Waals surface area contributed by atoms with E-state index in [0.29, 0.717) is 15.6 Å². The van der Waals surface area contributed by atoms with Crippen LogP contribution in [-0.2, 0) is 0 Å². The van der Waals surface area contributed by atoms with Gasteiger partial charge in [-0.1, -0.05) is 0 Å². The van der Waals surface area contributed by atoms with Crippen LogP contribution in [0.4, 0.5) is 0 Å². The topological polar surface area (TPSA) is 34.1 Å². The zero-order valence-corrected chi connectivity index (χ0v) is 10.5. The summed E-state index contributed by atoms with van der Waals surface area (Å²) in [7, 11) is 0. The summed E-state index contributed by atoms with van der Waals surface area (Å²) in [5, 5.41) is 0. The lowest BCUT2D eigenvalue weighted by Crippen LogP contribution is -1.98. The second kappa shape index (κ2) is 4.32. The number of hydrogen-bond donors (Lipinski definition) is 0. The van der Waals surface area contributed by atoms with E-state index in [2.05, 4.69) is 15.9 Å². The molecule has 1 aromatic rings. The Morgan fingerprint density at radius 1 is 1.54 bits per heavy atom. The van der Waals surface area contributed by atoms with Crippen LogP contribution < -0.4 is 0 Å². The van der Waals surface area contributed by atoms with Gasteiger partial charge in [0.1, 0.15) is 0 Å². The van der Waals surface area contributed by atoms with E-state index in [1.54, 1.807) is 12.1 Å². The second-order valence-corrected chi connectivity index (χ2v) is 4.38. The van der Waals surface area contributed by atoms with Gasteiger partial charge >= 0.3 is 0 Å². The second-order valence-electron chi connectivity index (χ2n) is 2.50. The van der Waals surface area contributed by atoms with E-state index < -0.39 is 0 Å². The van der Waals surface area contributed by atoms with Crippen LogP contribution in [0.1, 0.15) is 27.6 Å². The van der Waals surface area contributed by atoms with Gasteiger partial charge in [0.25, 0.3) is 0 Å². The van der Waals surface area contributed by atoms with Crippen molar-refractivity contribution < 1.29 is 9.59 Å². The van der Waals surface area contributed by atoms with Crippen LogP contribution in [0, 0.1) is 3.57 Å². The lowest BCUT2D eigenvalue weighted by atomic mass is 10.1. The normalized spacial score (nSPS) is 9.77. The van der Waals surface area contributed by atoms with Crippen LogP contribution in [-0.4, -0.2) is 12.1 Å². The molecule has 0 fully saturated rings. The number of aldehydes is 1. The summed E-state index contributed by atoms with van der Waals surface area (Å²) in [6.07, 6.45) is 0.760. The molecule has 0 unspecified atom stereocenters. The molecule has 0 aliphatic carbocycles. The standard InChI is InChI=1S/C9H6BrIO2/c1-5(13)7-3-2-6(4-12)8(10)9(7)11/h2-4H,1H3. The minimum atomic E-state index is 0.00236. The molecule has 0 amide bonds. The monoisotopic (exact) mass is 352 g/mol. The fourth-order valence-electron chi connectivity index (χ4n) is 0.927. The summed E-state index contributed by atoms with van der Waals surface area (Å²) < 4.78 is 1.48. The predicted octanol–water partition coefficient (Wildman–Crippen LogP) is 3.07. The van der Waals surface area contributed by atoms with Gasteiger partial charge in [-0.25, -0.2) is 0 Å². The summed E-state index contributed by atoms with van der Waals surface area (Å²) >= 11 is 5.31. The Hall–Kier alpha value is -0.230. The van der Waals surface area contributed by atoms with Crippen molar-refractivity contribution in [3.63, 3.8) is 0 Å². The predicted molar refractivity (Wildman–Crippen MR) is 62.3 cm³/mol. The van der Waals surface area contributed by atoms with Gasteiger partial charge in [0.15, 0.2) is 12.1 Å². The molecule has 0 aliphatic rings. The fourth-order valence-corrected chi connectivity index (χ4v) is 2.24. The van der Waals surface area contributed by atoms with Crippen molar-refractivity contribution in [1.29, 1.82) is 0 Å². The number of Topliss-reactive ketones (excluding diaryl/α,β-unsaturated/α-hetero) is 1. The molecule has 0 aromatic heterocycles. The first-order valence-electron chi connectivity index (χ1n) is 3.52. The van der Waals surface area contributed by atoms with E-state index in [1.165, 1.54) is 6.92 Å². The first-order valence-corrected chi connectivity index (χ1v) is 5.39. The van der Waals surface area contributed by atoms with Crippen molar-refractivity contribution in [3.05, 3.63) is 31.3 Å². The van der Waals surface area contributed by atoms with E-state index in [0.717, 1.165) is 9.86 Å². The quantitative estimate of drug-likeness (QED) is 0.465. The van der Waals surface area contributed by atoms with Crippen LogP contribution in [0.2, 0.25) is 0 Å². The first-order chi connectivity index (χ1) is 6.07. The third kappa shape index (κ3) is 2.17. The molecule has 0 atom stereocenters. The molecule has 2 nitrogen and oxygen atoms in total. The Morgan fingerprint density at radius 2 is 2.15 bits per heavy atom. The summed E-state index contributed by atoms with van der Waals surface area (Å²) in [5.41, 5.74) is 1.20. The number of carbonyl (C=O) groups is 2. The third-order valence-corrected chi connectivity index (χ3v) is 4.33. The maximum absolute atomic E-state index is 11.1. The molecule has 0 N–H and O–H groups in total. The Balaban J connectivity index is 3.39. The van der Waals surface area contributed by atoms with Crippen LogP contribution in [0.25, 0.3) is 0 Å². The van der Waals surface area contributed by atoms with Crippen molar-refractivity contribution >= 4 is 50.6 Å². The molecule has 68 valence electrons. The SMILES string of the molecule is CC(=O)c1ccc(C=O)c(Br)c1I. The van der Waals surface area contributed by atoms with Gasteiger partial charge in [-0.15, -0.1) is 0 Å². The highest BCUT2D eigenvalue weighted by molar-refractivity contribution is 14.1. The Bertz CT molecular complexity index is 374. The van der Waals surface area contributed by atoms with Gasteiger partial charge in [-0.2, -0.15) is 0 Å². The average molecular weight is 353 g/mol. The van der Waals surface area contributed by atoms with Crippen molar-refractivity contribution in [3.8, 4) is 0 Å². The van der Waals surface area contributed by atoms with Gasteiger partial charge in [0, 0.05) is 19.2 Å². The van der Waals surface area contributed by atoms with Crippen molar-refractivity contribution in [2.45, 2.75) is 6.92 Å². The molecule has 0 saturated carbocycles. The molecular weight excluding hydrogens is 347 g/mol. The van der Waals surface area contributed by atoms with Gasteiger partial charge in [-0.3, -0.25) is 9.59 Å². The van der Waals surface area contributed by atoms with Crippen LogP contribution in [0.5, 0.6) is 0 Å². The molecule has 0 bridgehead atoms. The molecule has 1 rings (SSSR count). The van der Waals surface area contributed by atoms with E-state index in [1.807, 2.05) is 22.6 Å². The minimum absolute atomic E-state index is 0.00236. The highest BCUT2D eigenvalue weighted by Gasteiger charge is 2.10. The summed E-state index contributed by atoms with van der Waals surface area (Å²) in [5.74, 6) is 0.00236. The first kappa shape index (κ1) is 10.8. The number of ketones is 1. The van der Waals surface area contributed by atoms with Crippen LogP contribution in [0.15, 0.2) is 16.6 Å². The Kier molecular flexibility index (Phi) is 3.61. The summed E-state index contributed by atoms with van der Waals surface area (Å²) in [6, 6.07) is 3.30. The van der Waals surface area contributed by atoms with Crippen molar-refractivity contribution in [2.24, 2.45) is 0 Å². The molecule has 0 heterocycles. The molecule has 0 radical (unpaired) electrons. The van der Waals surface area contributed by atoms with E-state index >= 15 is 0 Å². The molecular formula is C9H6BrIO2. The van der Waals surface area contributed by atoms with Gasteiger partial charge in [-0.05, 0) is 57.6 Å². The Labute approximate surface area is 98.0 Å². The fraction of sp³-hybridized carbons (Fsp3) is 0.111. The largest absolute Gasteiger partial charge is 0.298 e. The van der Waals surface area contributed by atoms with Gasteiger partial charge in [0.05, 0.1) is 0 Å². The highest BCUT2D eigenvalue weighted by atomic mass is 127.